The molecule has 0 aliphatic heterocycles. The monoisotopic (exact) mass is 299 g/mol. The number of nitrogens with zero attached hydrogens (tertiary/aromatic N) is 2. The molecule has 0 bridgehead atoms. The third kappa shape index (κ3) is 4.12. The van der Waals surface area contributed by atoms with Gasteiger partial charge in [-0.25, -0.2) is 4.98 Å². The van der Waals surface area contributed by atoms with Gasteiger partial charge < -0.3 is 5.32 Å². The van der Waals surface area contributed by atoms with Gasteiger partial charge in [0.15, 0.2) is 0 Å². The molecule has 0 spiro atoms. The fraction of sp³-hybridized carbons (Fsp3) is 0.455. The van der Waals surface area contributed by atoms with E-state index in [1.807, 2.05) is 26.1 Å². The molecule has 1 rings (SSSR count). The number of nitrogens with one attached hydrogen (secondary N) is 1. The molecular weight excluding hydrogens is 286 g/mol. The first-order chi connectivity index (χ1) is 7.59. The third-order valence-corrected chi connectivity index (χ3v) is 3.77. The zero-order valence-corrected chi connectivity index (χ0v) is 11.7. The number of aromatic nitrogens is 1. The molecule has 0 aromatic carbocycles. The Kier molecular flexibility index (Phi) is 5.26. The Balaban J connectivity index is 2.42. The second-order valence-corrected chi connectivity index (χ2v) is 5.64. The Bertz CT molecular complexity index is 374. The van der Waals surface area contributed by atoms with E-state index in [2.05, 4.69) is 32.3 Å². The number of halogens is 1. The predicted molar refractivity (Wildman–Crippen MR) is 70.4 cm³/mol. The smallest absolute Gasteiger partial charge is 0.104 e. The first-order valence-corrected chi connectivity index (χ1v) is 6.72. The Morgan fingerprint density at radius 1 is 1.62 bits per heavy atom. The van der Waals surface area contributed by atoms with Crippen LogP contribution in [0.25, 0.3) is 0 Å². The highest BCUT2D eigenvalue weighted by Crippen LogP contribution is 2.21. The van der Waals surface area contributed by atoms with Crippen LogP contribution in [0.3, 0.4) is 0 Å². The van der Waals surface area contributed by atoms with Crippen molar-refractivity contribution in [1.29, 1.82) is 5.26 Å². The largest absolute Gasteiger partial charge is 0.303 e. The van der Waals surface area contributed by atoms with E-state index in [9.17, 15) is 0 Å². The van der Waals surface area contributed by atoms with Gasteiger partial charge in [-0.15, -0.1) is 11.8 Å². The van der Waals surface area contributed by atoms with Gasteiger partial charge in [-0.3, -0.25) is 0 Å². The van der Waals surface area contributed by atoms with Crippen molar-refractivity contribution in [3.05, 3.63) is 22.8 Å². The summed E-state index contributed by atoms with van der Waals surface area (Å²) in [5, 5.41) is 13.0. The molecule has 0 aliphatic carbocycles. The van der Waals surface area contributed by atoms with Crippen molar-refractivity contribution in [3.8, 4) is 6.07 Å². The van der Waals surface area contributed by atoms with E-state index in [4.69, 9.17) is 5.26 Å². The zero-order valence-electron chi connectivity index (χ0n) is 9.33. The summed E-state index contributed by atoms with van der Waals surface area (Å²) in [5.74, 6) is 0.875. The maximum absolute atomic E-state index is 8.98. The van der Waals surface area contributed by atoms with E-state index < -0.39 is 5.54 Å². The average Bonchev–Trinajstić information content (AvgIpc) is 2.31. The van der Waals surface area contributed by atoms with Gasteiger partial charge >= 0.3 is 0 Å². The maximum Gasteiger partial charge on any atom is 0.104 e. The summed E-state index contributed by atoms with van der Waals surface area (Å²) in [7, 11) is 1.81. The summed E-state index contributed by atoms with van der Waals surface area (Å²) >= 11 is 5.01. The lowest BCUT2D eigenvalue weighted by atomic mass is 10.0. The normalized spacial score (nSPS) is 14.1. The molecule has 86 valence electrons. The van der Waals surface area contributed by atoms with Crippen LogP contribution >= 0.6 is 27.7 Å². The lowest BCUT2D eigenvalue weighted by Gasteiger charge is -2.19. The number of hydrogen-bond acceptors (Lipinski definition) is 4. The molecule has 1 atom stereocenters. The summed E-state index contributed by atoms with van der Waals surface area (Å²) in [6.45, 7) is 1.91. The third-order valence-electron chi connectivity index (χ3n) is 2.35. The first-order valence-electron chi connectivity index (χ1n) is 4.94. The minimum absolute atomic E-state index is 0.442. The van der Waals surface area contributed by atoms with Crippen LogP contribution in [0.5, 0.6) is 0 Å². The number of hydrogen-bond donors (Lipinski definition) is 1. The molecule has 5 heteroatoms. The second-order valence-electron chi connectivity index (χ2n) is 3.61. The van der Waals surface area contributed by atoms with Crippen LogP contribution in [0.15, 0.2) is 27.8 Å². The van der Waals surface area contributed by atoms with Crippen molar-refractivity contribution in [2.24, 2.45) is 0 Å². The van der Waals surface area contributed by atoms with Crippen LogP contribution in [-0.4, -0.2) is 23.3 Å². The molecule has 1 aromatic heterocycles. The number of rotatable bonds is 5. The summed E-state index contributed by atoms with van der Waals surface area (Å²) < 4.78 is 0.980. The fourth-order valence-electron chi connectivity index (χ4n) is 1.04. The minimum Gasteiger partial charge on any atom is -0.303 e. The molecule has 0 amide bonds. The van der Waals surface area contributed by atoms with Crippen LogP contribution in [0.4, 0.5) is 0 Å². The van der Waals surface area contributed by atoms with Crippen LogP contribution in [0, 0.1) is 11.3 Å². The van der Waals surface area contributed by atoms with Crippen molar-refractivity contribution in [1.82, 2.24) is 10.3 Å². The standard InChI is InChI=1S/C11H14BrN3S/c1-11(8-13,14-2)5-6-16-10-4-3-9(12)7-15-10/h3-4,7,14H,5-6H2,1-2H3. The van der Waals surface area contributed by atoms with E-state index in [0.717, 1.165) is 21.7 Å². The van der Waals surface area contributed by atoms with Gasteiger partial charge in [0.2, 0.25) is 0 Å². The number of pyridine rings is 1. The van der Waals surface area contributed by atoms with Crippen molar-refractivity contribution < 1.29 is 0 Å². The van der Waals surface area contributed by atoms with Gasteiger partial charge in [0.25, 0.3) is 0 Å². The molecular formula is C11H14BrN3S. The second kappa shape index (κ2) is 6.24. The summed E-state index contributed by atoms with van der Waals surface area (Å²) in [4.78, 5) is 4.26. The molecule has 3 nitrogen and oxygen atoms in total. The average molecular weight is 300 g/mol. The van der Waals surface area contributed by atoms with Gasteiger partial charge in [0.1, 0.15) is 5.54 Å². The van der Waals surface area contributed by atoms with Gasteiger partial charge in [-0.2, -0.15) is 5.26 Å². The van der Waals surface area contributed by atoms with Crippen LogP contribution in [-0.2, 0) is 0 Å². The highest BCUT2D eigenvalue weighted by Gasteiger charge is 2.20. The van der Waals surface area contributed by atoms with Crippen LogP contribution in [0.2, 0.25) is 0 Å². The van der Waals surface area contributed by atoms with Crippen LogP contribution in [0.1, 0.15) is 13.3 Å². The topological polar surface area (TPSA) is 48.7 Å². The SMILES string of the molecule is CNC(C)(C#N)CCSc1ccc(Br)cn1. The van der Waals surface area contributed by atoms with Gasteiger partial charge in [0, 0.05) is 16.4 Å². The van der Waals surface area contributed by atoms with Crippen molar-refractivity contribution >= 4 is 27.7 Å². The van der Waals surface area contributed by atoms with E-state index in [1.165, 1.54) is 0 Å². The number of thioether (sulfide) groups is 1. The van der Waals surface area contributed by atoms with Gasteiger partial charge in [-0.1, -0.05) is 0 Å². The lowest BCUT2D eigenvalue weighted by molar-refractivity contribution is 0.479. The Morgan fingerprint density at radius 2 is 2.38 bits per heavy atom. The predicted octanol–water partition coefficient (Wildman–Crippen LogP) is 2.83. The summed E-state index contributed by atoms with van der Waals surface area (Å²) in [5.41, 5.74) is -0.442. The first kappa shape index (κ1) is 13.5. The maximum atomic E-state index is 8.98. The van der Waals surface area contributed by atoms with Crippen molar-refractivity contribution in [2.45, 2.75) is 23.9 Å². The van der Waals surface area contributed by atoms with Crippen LogP contribution < -0.4 is 5.32 Å². The summed E-state index contributed by atoms with van der Waals surface area (Å²) in [6, 6.07) is 6.21. The summed E-state index contributed by atoms with van der Waals surface area (Å²) in [6.07, 6.45) is 2.58. The van der Waals surface area contributed by atoms with E-state index in [0.29, 0.717) is 0 Å². The quantitative estimate of drug-likeness (QED) is 0.850. The molecule has 0 saturated carbocycles. The highest BCUT2D eigenvalue weighted by atomic mass is 79.9. The van der Waals surface area contributed by atoms with E-state index in [1.54, 1.807) is 18.0 Å². The van der Waals surface area contributed by atoms with Gasteiger partial charge in [-0.05, 0) is 48.5 Å². The van der Waals surface area contributed by atoms with Gasteiger partial charge in [0.05, 0.1) is 11.1 Å². The molecule has 1 heterocycles. The highest BCUT2D eigenvalue weighted by molar-refractivity contribution is 9.10. The minimum atomic E-state index is -0.442. The molecule has 0 fully saturated rings. The molecule has 1 N–H and O–H groups in total. The molecule has 0 aliphatic rings. The Morgan fingerprint density at radius 3 is 2.88 bits per heavy atom. The van der Waals surface area contributed by atoms with Crippen molar-refractivity contribution in [3.63, 3.8) is 0 Å². The molecule has 1 aromatic rings. The van der Waals surface area contributed by atoms with Crippen molar-refractivity contribution in [2.75, 3.05) is 12.8 Å². The molecule has 0 saturated heterocycles. The Labute approximate surface area is 109 Å². The number of nitriles is 1. The van der Waals surface area contributed by atoms with E-state index >= 15 is 0 Å². The molecule has 0 radical (unpaired) electrons. The fourth-order valence-corrected chi connectivity index (χ4v) is 2.29. The Hall–Kier alpha value is -0.570. The lowest BCUT2D eigenvalue weighted by Crippen LogP contribution is -2.38. The molecule has 1 unspecified atom stereocenters. The zero-order chi connectivity index (χ0) is 12.0. The molecule has 16 heavy (non-hydrogen) atoms. The van der Waals surface area contributed by atoms with E-state index in [-0.39, 0.29) is 0 Å².